The molecule has 0 saturated heterocycles. The molecular formula is C23H18FN3O3S. The molecule has 0 radical (unpaired) electrons. The highest BCUT2D eigenvalue weighted by atomic mass is 32.1. The molecule has 0 spiro atoms. The Morgan fingerprint density at radius 2 is 1.90 bits per heavy atom. The van der Waals surface area contributed by atoms with Gasteiger partial charge in [0.25, 0.3) is 5.91 Å². The zero-order valence-corrected chi connectivity index (χ0v) is 17.6. The van der Waals surface area contributed by atoms with Gasteiger partial charge in [-0.1, -0.05) is 55.5 Å². The molecule has 3 heterocycles. The van der Waals surface area contributed by atoms with Gasteiger partial charge in [-0.3, -0.25) is 14.5 Å². The van der Waals surface area contributed by atoms with Crippen LogP contribution in [0, 0.1) is 11.7 Å². The Hall–Kier alpha value is -3.39. The number of nitrogens with zero attached hydrogens (tertiary/aromatic N) is 3. The average molecular weight is 435 g/mol. The summed E-state index contributed by atoms with van der Waals surface area (Å²) in [6.07, 6.45) is 0.739. The third-order valence-corrected chi connectivity index (χ3v) is 6.14. The number of carbonyl (C=O) groups is 1. The third kappa shape index (κ3) is 3.23. The molecule has 0 N–H and O–H groups in total. The highest BCUT2D eigenvalue weighted by Gasteiger charge is 2.45. The van der Waals surface area contributed by atoms with Gasteiger partial charge >= 0.3 is 0 Å². The first-order chi connectivity index (χ1) is 14.9. The normalized spacial score (nSPS) is 15.8. The summed E-state index contributed by atoms with van der Waals surface area (Å²) in [6, 6.07) is 12.2. The van der Waals surface area contributed by atoms with Crippen LogP contribution in [0.4, 0.5) is 9.52 Å². The Bertz CT molecular complexity index is 1360. The number of hydrogen-bond donors (Lipinski definition) is 0. The second-order valence-electron chi connectivity index (χ2n) is 7.88. The number of rotatable bonds is 4. The zero-order valence-electron chi connectivity index (χ0n) is 16.8. The molecule has 2 aromatic carbocycles. The van der Waals surface area contributed by atoms with Crippen LogP contribution in [0.5, 0.6) is 0 Å². The molecule has 1 aliphatic rings. The number of fused-ring (bicyclic) bond motifs is 2. The summed E-state index contributed by atoms with van der Waals surface area (Å²) in [7, 11) is 0. The highest BCUT2D eigenvalue weighted by Crippen LogP contribution is 2.42. The van der Waals surface area contributed by atoms with Crippen LogP contribution in [-0.4, -0.2) is 16.1 Å². The zero-order chi connectivity index (χ0) is 21.7. The molecular weight excluding hydrogens is 417 g/mol. The van der Waals surface area contributed by atoms with Crippen molar-refractivity contribution in [1.82, 2.24) is 10.2 Å². The van der Waals surface area contributed by atoms with E-state index in [-0.39, 0.29) is 22.3 Å². The Morgan fingerprint density at radius 3 is 2.65 bits per heavy atom. The van der Waals surface area contributed by atoms with Crippen LogP contribution in [-0.2, 0) is 6.42 Å². The van der Waals surface area contributed by atoms with E-state index in [1.807, 2.05) is 30.3 Å². The number of aromatic nitrogens is 2. The van der Waals surface area contributed by atoms with Crippen LogP contribution in [0.25, 0.3) is 11.0 Å². The summed E-state index contributed by atoms with van der Waals surface area (Å²) >= 11 is 1.32. The number of amides is 1. The van der Waals surface area contributed by atoms with E-state index in [0.29, 0.717) is 11.0 Å². The Kier molecular flexibility index (Phi) is 4.66. The maximum absolute atomic E-state index is 13.8. The van der Waals surface area contributed by atoms with Gasteiger partial charge in [-0.15, -0.1) is 10.2 Å². The molecule has 8 heteroatoms. The summed E-state index contributed by atoms with van der Waals surface area (Å²) in [6.45, 7) is 4.16. The topological polar surface area (TPSA) is 76.3 Å². The van der Waals surface area contributed by atoms with Crippen molar-refractivity contribution in [3.05, 3.63) is 86.5 Å². The monoisotopic (exact) mass is 435 g/mol. The lowest BCUT2D eigenvalue weighted by molar-refractivity contribution is 0.0970. The van der Waals surface area contributed by atoms with Gasteiger partial charge in [-0.2, -0.15) is 0 Å². The van der Waals surface area contributed by atoms with Crippen molar-refractivity contribution in [2.24, 2.45) is 5.92 Å². The first kappa shape index (κ1) is 19.6. The fourth-order valence-corrected chi connectivity index (χ4v) is 4.94. The summed E-state index contributed by atoms with van der Waals surface area (Å²) < 4.78 is 19.7. The van der Waals surface area contributed by atoms with E-state index in [1.165, 1.54) is 28.4 Å². The maximum Gasteiger partial charge on any atom is 0.297 e. The summed E-state index contributed by atoms with van der Waals surface area (Å²) in [5.74, 6) is -0.654. The van der Waals surface area contributed by atoms with Crippen molar-refractivity contribution >= 4 is 33.3 Å². The fourth-order valence-electron chi connectivity index (χ4n) is 3.87. The van der Waals surface area contributed by atoms with Crippen LogP contribution >= 0.6 is 11.3 Å². The smallest absolute Gasteiger partial charge is 0.297 e. The minimum absolute atomic E-state index is 0.0430. The van der Waals surface area contributed by atoms with E-state index in [1.54, 1.807) is 0 Å². The lowest BCUT2D eigenvalue weighted by Gasteiger charge is -2.21. The third-order valence-electron chi connectivity index (χ3n) is 5.19. The van der Waals surface area contributed by atoms with E-state index < -0.39 is 23.2 Å². The van der Waals surface area contributed by atoms with Gasteiger partial charge in [0.2, 0.25) is 10.9 Å². The lowest BCUT2D eigenvalue weighted by Crippen LogP contribution is -2.29. The fraction of sp³-hybridized carbons (Fsp3) is 0.217. The van der Waals surface area contributed by atoms with Gasteiger partial charge in [-0.05, 0) is 29.7 Å². The maximum atomic E-state index is 13.8. The highest BCUT2D eigenvalue weighted by molar-refractivity contribution is 7.15. The number of halogens is 1. The van der Waals surface area contributed by atoms with E-state index in [2.05, 4.69) is 24.0 Å². The number of carbonyl (C=O) groups excluding carboxylic acids is 1. The summed E-state index contributed by atoms with van der Waals surface area (Å²) in [5, 5.41) is 9.79. The number of hydrogen-bond acceptors (Lipinski definition) is 6. The van der Waals surface area contributed by atoms with Crippen LogP contribution in [0.2, 0.25) is 0 Å². The molecule has 31 heavy (non-hydrogen) atoms. The van der Waals surface area contributed by atoms with Gasteiger partial charge in [0.15, 0.2) is 5.43 Å². The largest absolute Gasteiger partial charge is 0.450 e. The molecule has 4 aromatic rings. The Morgan fingerprint density at radius 1 is 1.13 bits per heavy atom. The van der Waals surface area contributed by atoms with Crippen LogP contribution < -0.4 is 10.3 Å². The number of benzene rings is 2. The standard InChI is InChI=1S/C23H18FN3O3S/c1-12(2)10-17-25-26-23(31-17)27-19(13-6-4-3-5-7-13)18-20(28)15-11-14(24)8-9-16(15)30-21(18)22(27)29/h3-9,11-12,19H,10H2,1-2H3. The second kappa shape index (κ2) is 7.39. The minimum atomic E-state index is -0.729. The predicted octanol–water partition coefficient (Wildman–Crippen LogP) is 4.73. The van der Waals surface area contributed by atoms with Crippen molar-refractivity contribution in [3.8, 4) is 0 Å². The van der Waals surface area contributed by atoms with Crippen molar-refractivity contribution in [3.63, 3.8) is 0 Å². The molecule has 0 bridgehead atoms. The van der Waals surface area contributed by atoms with Crippen molar-refractivity contribution in [2.75, 3.05) is 4.90 Å². The molecule has 156 valence electrons. The predicted molar refractivity (Wildman–Crippen MR) is 116 cm³/mol. The van der Waals surface area contributed by atoms with Gasteiger partial charge in [0.1, 0.15) is 16.4 Å². The molecule has 2 aromatic heterocycles. The number of anilines is 1. The van der Waals surface area contributed by atoms with Gasteiger partial charge in [0, 0.05) is 6.42 Å². The van der Waals surface area contributed by atoms with Crippen molar-refractivity contribution in [2.45, 2.75) is 26.3 Å². The first-order valence-corrected chi connectivity index (χ1v) is 10.7. The molecule has 1 aliphatic heterocycles. The van der Waals surface area contributed by atoms with Gasteiger partial charge in [-0.25, -0.2) is 4.39 Å². The Balaban J connectivity index is 1.74. The molecule has 1 unspecified atom stereocenters. The molecule has 1 atom stereocenters. The van der Waals surface area contributed by atoms with Gasteiger partial charge in [0.05, 0.1) is 17.0 Å². The quantitative estimate of drug-likeness (QED) is 0.463. The SMILES string of the molecule is CC(C)Cc1nnc(N2C(=O)c3oc4ccc(F)cc4c(=O)c3C2c2ccccc2)s1. The summed E-state index contributed by atoms with van der Waals surface area (Å²) in [5.41, 5.74) is 0.672. The Labute approximate surface area is 181 Å². The second-order valence-corrected chi connectivity index (χ2v) is 8.92. The van der Waals surface area contributed by atoms with E-state index in [4.69, 9.17) is 4.42 Å². The minimum Gasteiger partial charge on any atom is -0.450 e. The average Bonchev–Trinajstić information content (AvgIpc) is 3.31. The van der Waals surface area contributed by atoms with Crippen LogP contribution in [0.1, 0.15) is 46.6 Å². The molecule has 0 aliphatic carbocycles. The van der Waals surface area contributed by atoms with E-state index in [9.17, 15) is 14.0 Å². The van der Waals surface area contributed by atoms with Crippen molar-refractivity contribution in [1.29, 1.82) is 0 Å². The van der Waals surface area contributed by atoms with E-state index >= 15 is 0 Å². The molecule has 1 amide bonds. The summed E-state index contributed by atoms with van der Waals surface area (Å²) in [4.78, 5) is 28.3. The molecule has 0 saturated carbocycles. The first-order valence-electron chi connectivity index (χ1n) is 9.91. The van der Waals surface area contributed by atoms with Crippen LogP contribution in [0.3, 0.4) is 0 Å². The van der Waals surface area contributed by atoms with Crippen LogP contribution in [0.15, 0.2) is 57.7 Å². The molecule has 5 rings (SSSR count). The van der Waals surface area contributed by atoms with Crippen molar-refractivity contribution < 1.29 is 13.6 Å². The van der Waals surface area contributed by atoms with E-state index in [0.717, 1.165) is 23.1 Å². The molecule has 0 fully saturated rings. The lowest BCUT2D eigenvalue weighted by atomic mass is 9.99. The molecule has 6 nitrogen and oxygen atoms in total. The van der Waals surface area contributed by atoms with Gasteiger partial charge < -0.3 is 4.42 Å².